The lowest BCUT2D eigenvalue weighted by atomic mass is 10.6. The summed E-state index contributed by atoms with van der Waals surface area (Å²) in [5.74, 6) is 0.689. The van der Waals surface area contributed by atoms with Gasteiger partial charge < -0.3 is 16.2 Å². The van der Waals surface area contributed by atoms with Crippen molar-refractivity contribution in [1.82, 2.24) is 0 Å². The van der Waals surface area contributed by atoms with Crippen LogP contribution in [-0.4, -0.2) is 29.6 Å². The quantitative estimate of drug-likeness (QED) is 0.364. The molecule has 0 bridgehead atoms. The van der Waals surface area contributed by atoms with Gasteiger partial charge in [-0.25, -0.2) is 0 Å². The van der Waals surface area contributed by atoms with E-state index in [9.17, 15) is 0 Å². The van der Waals surface area contributed by atoms with Crippen molar-refractivity contribution < 1.29 is 4.74 Å². The number of hydrogen-bond acceptors (Lipinski definition) is 3. The molecule has 5 N–H and O–H groups in total. The number of epoxide rings is 1. The van der Waals surface area contributed by atoms with Crippen LogP contribution in [0.25, 0.3) is 0 Å². The molecule has 5 nitrogen and oxygen atoms in total. The summed E-state index contributed by atoms with van der Waals surface area (Å²) in [6.07, 6.45) is 0.301. The van der Waals surface area contributed by atoms with E-state index in [1.807, 2.05) is 0 Å². The van der Waals surface area contributed by atoms with Crippen LogP contribution in [0.1, 0.15) is 0 Å². The topological polar surface area (TPSA) is 101 Å². The summed E-state index contributed by atoms with van der Waals surface area (Å²) < 4.78 is 4.94. The van der Waals surface area contributed by atoms with E-state index in [2.05, 4.69) is 4.99 Å². The number of nitrogens with two attached hydrogens (primary N) is 2. The van der Waals surface area contributed by atoms with E-state index in [4.69, 9.17) is 21.6 Å². The van der Waals surface area contributed by atoms with Crippen LogP contribution >= 0.6 is 28.7 Å². The predicted octanol–water partition coefficient (Wildman–Crippen LogP) is -0.0955. The summed E-state index contributed by atoms with van der Waals surface area (Å²) in [7, 11) is 0. The summed E-state index contributed by atoms with van der Waals surface area (Å²) in [4.78, 5) is 3.54. The zero-order valence-corrected chi connectivity index (χ0v) is 8.85. The van der Waals surface area contributed by atoms with Gasteiger partial charge in [-0.2, -0.15) is 4.99 Å². The van der Waals surface area contributed by atoms with Gasteiger partial charge in [-0.05, 0) is 0 Å². The lowest BCUT2D eigenvalue weighted by Crippen LogP contribution is -2.23. The fourth-order valence-corrected chi connectivity index (χ4v) is 1.19. The first-order valence-electron chi connectivity index (χ1n) is 3.11. The van der Waals surface area contributed by atoms with Crippen LogP contribution in [0.5, 0.6) is 0 Å². The molecule has 1 rings (SSSR count). The van der Waals surface area contributed by atoms with Crippen molar-refractivity contribution in [3.05, 3.63) is 0 Å². The number of guanidine groups is 1. The highest BCUT2D eigenvalue weighted by Crippen LogP contribution is 2.16. The van der Waals surface area contributed by atoms with Gasteiger partial charge in [-0.15, -0.1) is 17.0 Å². The SMILES string of the molecule is Br.N=C(N=C(N)N)SCC1CO1. The zero-order chi connectivity index (χ0) is 8.27. The van der Waals surface area contributed by atoms with Crippen LogP contribution in [0, 0.1) is 5.41 Å². The molecule has 0 aliphatic carbocycles. The molecule has 12 heavy (non-hydrogen) atoms. The van der Waals surface area contributed by atoms with Gasteiger partial charge in [0.05, 0.1) is 12.7 Å². The van der Waals surface area contributed by atoms with Crippen molar-refractivity contribution in [1.29, 1.82) is 5.41 Å². The molecule has 1 unspecified atom stereocenters. The summed E-state index contributed by atoms with van der Waals surface area (Å²) >= 11 is 1.29. The Morgan fingerprint density at radius 3 is 2.67 bits per heavy atom. The van der Waals surface area contributed by atoms with E-state index in [1.165, 1.54) is 11.8 Å². The third-order valence-electron chi connectivity index (χ3n) is 1.04. The van der Waals surface area contributed by atoms with Crippen LogP contribution in [0.2, 0.25) is 0 Å². The number of aliphatic imine (C=N–C) groups is 1. The van der Waals surface area contributed by atoms with Crippen LogP contribution in [0.4, 0.5) is 0 Å². The molecule has 1 heterocycles. The van der Waals surface area contributed by atoms with Gasteiger partial charge in [0.2, 0.25) is 0 Å². The Morgan fingerprint density at radius 1 is 1.67 bits per heavy atom. The first kappa shape index (κ1) is 11.7. The summed E-state index contributed by atoms with van der Waals surface area (Å²) in [5.41, 5.74) is 10.1. The van der Waals surface area contributed by atoms with Crippen molar-refractivity contribution in [3.63, 3.8) is 0 Å². The molecular weight excluding hydrogens is 244 g/mol. The third kappa shape index (κ3) is 5.39. The highest BCUT2D eigenvalue weighted by molar-refractivity contribution is 8.93. The molecule has 0 spiro atoms. The maximum absolute atomic E-state index is 7.20. The van der Waals surface area contributed by atoms with E-state index in [0.29, 0.717) is 6.10 Å². The van der Waals surface area contributed by atoms with Crippen LogP contribution in [0.15, 0.2) is 4.99 Å². The molecule has 1 aliphatic heterocycles. The molecule has 1 aliphatic rings. The van der Waals surface area contributed by atoms with Gasteiger partial charge in [0.25, 0.3) is 0 Å². The van der Waals surface area contributed by atoms with Gasteiger partial charge in [0, 0.05) is 5.75 Å². The molecule has 70 valence electrons. The van der Waals surface area contributed by atoms with E-state index >= 15 is 0 Å². The molecule has 0 aromatic rings. The van der Waals surface area contributed by atoms with E-state index < -0.39 is 0 Å². The van der Waals surface area contributed by atoms with Crippen molar-refractivity contribution >= 4 is 39.9 Å². The van der Waals surface area contributed by atoms with Gasteiger partial charge in [-0.3, -0.25) is 5.41 Å². The maximum Gasteiger partial charge on any atom is 0.193 e. The van der Waals surface area contributed by atoms with Crippen LogP contribution in [0.3, 0.4) is 0 Å². The summed E-state index contributed by atoms with van der Waals surface area (Å²) in [6.45, 7) is 0.794. The minimum atomic E-state index is -0.0702. The summed E-state index contributed by atoms with van der Waals surface area (Å²) in [6, 6.07) is 0. The smallest absolute Gasteiger partial charge is 0.193 e. The van der Waals surface area contributed by atoms with Gasteiger partial charge in [0.1, 0.15) is 0 Å². The average molecular weight is 255 g/mol. The van der Waals surface area contributed by atoms with Crippen molar-refractivity contribution in [2.24, 2.45) is 16.5 Å². The standard InChI is InChI=1S/C5H10N4OS.BrH/c6-4(7)9-5(8)11-2-3-1-10-3;/h3H,1-2H2,(H5,6,7,8,9);1H. The fourth-order valence-electron chi connectivity index (χ4n) is 0.486. The normalized spacial score (nSPS) is 19.2. The molecular formula is C5H11BrN4OS. The van der Waals surface area contributed by atoms with Crippen molar-refractivity contribution in [2.75, 3.05) is 12.4 Å². The number of nitrogens with zero attached hydrogens (tertiary/aromatic N) is 1. The Hall–Kier alpha value is -0.270. The minimum Gasteiger partial charge on any atom is -0.372 e. The number of ether oxygens (including phenoxy) is 1. The molecule has 1 atom stereocenters. The van der Waals surface area contributed by atoms with Crippen molar-refractivity contribution in [2.45, 2.75) is 6.10 Å². The Balaban J connectivity index is 0.00000121. The summed E-state index contributed by atoms with van der Waals surface area (Å²) in [5, 5.41) is 7.34. The highest BCUT2D eigenvalue weighted by atomic mass is 79.9. The molecule has 0 amide bonds. The number of thioether (sulfide) groups is 1. The zero-order valence-electron chi connectivity index (χ0n) is 6.32. The maximum atomic E-state index is 7.20. The second-order valence-electron chi connectivity index (χ2n) is 2.11. The van der Waals surface area contributed by atoms with E-state index in [0.717, 1.165) is 12.4 Å². The molecule has 0 radical (unpaired) electrons. The Morgan fingerprint density at radius 2 is 2.25 bits per heavy atom. The first-order valence-corrected chi connectivity index (χ1v) is 4.09. The Kier molecular flexibility index (Phi) is 5.27. The number of nitrogens with one attached hydrogen (secondary N) is 1. The minimum absolute atomic E-state index is 0. The van der Waals surface area contributed by atoms with Gasteiger partial charge in [-0.1, -0.05) is 11.8 Å². The van der Waals surface area contributed by atoms with Gasteiger partial charge >= 0.3 is 0 Å². The monoisotopic (exact) mass is 254 g/mol. The second kappa shape index (κ2) is 5.39. The lowest BCUT2D eigenvalue weighted by Gasteiger charge is -1.94. The fraction of sp³-hybridized carbons (Fsp3) is 0.600. The van der Waals surface area contributed by atoms with Gasteiger partial charge in [0.15, 0.2) is 11.1 Å². The molecule has 0 aromatic heterocycles. The largest absolute Gasteiger partial charge is 0.372 e. The van der Waals surface area contributed by atoms with E-state index in [1.54, 1.807) is 0 Å². The molecule has 1 saturated heterocycles. The third-order valence-corrected chi connectivity index (χ3v) is 1.94. The number of hydrogen-bond donors (Lipinski definition) is 3. The highest BCUT2D eigenvalue weighted by Gasteiger charge is 2.22. The Bertz CT molecular complexity index is 190. The second-order valence-corrected chi connectivity index (χ2v) is 3.12. The average Bonchev–Trinajstić information content (AvgIpc) is 2.63. The Labute approximate surface area is 85.2 Å². The van der Waals surface area contributed by atoms with E-state index in [-0.39, 0.29) is 28.1 Å². The van der Waals surface area contributed by atoms with Crippen molar-refractivity contribution in [3.8, 4) is 0 Å². The lowest BCUT2D eigenvalue weighted by molar-refractivity contribution is 0.426. The molecule has 0 aromatic carbocycles. The number of amidine groups is 1. The molecule has 7 heteroatoms. The molecule has 1 fully saturated rings. The molecule has 0 saturated carbocycles. The predicted molar refractivity (Wildman–Crippen MR) is 56.1 cm³/mol. The number of rotatable bonds is 2. The van der Waals surface area contributed by atoms with Crippen LogP contribution < -0.4 is 11.5 Å². The number of halogens is 1. The first-order chi connectivity index (χ1) is 5.18. The van der Waals surface area contributed by atoms with Crippen LogP contribution in [-0.2, 0) is 4.74 Å².